The molecule has 10 heavy (non-hydrogen) atoms. The summed E-state index contributed by atoms with van der Waals surface area (Å²) in [6, 6.07) is 0. The summed E-state index contributed by atoms with van der Waals surface area (Å²) in [6.07, 6.45) is 3.06. The minimum atomic E-state index is 0.814. The van der Waals surface area contributed by atoms with Gasteiger partial charge in [0, 0.05) is 13.6 Å². The van der Waals surface area contributed by atoms with E-state index in [0.29, 0.717) is 0 Å². The van der Waals surface area contributed by atoms with Gasteiger partial charge in [-0.05, 0) is 12.5 Å². The second-order valence-corrected chi connectivity index (χ2v) is 2.67. The molecule has 0 spiro atoms. The van der Waals surface area contributed by atoms with Crippen molar-refractivity contribution in [3.05, 3.63) is 11.8 Å². The standard InChI is InChI=1S/C7H11NOS/c1-8-5-3-4-6(9-2)7(8)10/h4H,3,5H2,1-2H3. The molecule has 1 aliphatic heterocycles. The van der Waals surface area contributed by atoms with Gasteiger partial charge in [-0.3, -0.25) is 0 Å². The van der Waals surface area contributed by atoms with Crippen molar-refractivity contribution in [3.8, 4) is 0 Å². The first-order chi connectivity index (χ1) is 4.75. The third kappa shape index (κ3) is 1.29. The van der Waals surface area contributed by atoms with Gasteiger partial charge in [0.1, 0.15) is 10.7 Å². The molecule has 0 N–H and O–H groups in total. The van der Waals surface area contributed by atoms with Crippen LogP contribution in [0.5, 0.6) is 0 Å². The molecule has 0 aromatic carbocycles. The summed E-state index contributed by atoms with van der Waals surface area (Å²) in [5.74, 6) is 0.837. The van der Waals surface area contributed by atoms with E-state index in [9.17, 15) is 0 Å². The SMILES string of the molecule is COC1=CCCN(C)C1=S. The van der Waals surface area contributed by atoms with Gasteiger partial charge in [0.15, 0.2) is 0 Å². The van der Waals surface area contributed by atoms with Crippen LogP contribution in [0.4, 0.5) is 0 Å². The first kappa shape index (κ1) is 7.54. The number of ether oxygens (including phenoxy) is 1. The van der Waals surface area contributed by atoms with Crippen molar-refractivity contribution < 1.29 is 4.74 Å². The molecule has 0 aliphatic carbocycles. The van der Waals surface area contributed by atoms with Crippen LogP contribution in [-0.2, 0) is 4.74 Å². The lowest BCUT2D eigenvalue weighted by molar-refractivity contribution is 0.297. The molecule has 3 heteroatoms. The molecular weight excluding hydrogens is 146 g/mol. The van der Waals surface area contributed by atoms with E-state index in [1.807, 2.05) is 18.0 Å². The molecule has 0 fully saturated rings. The molecule has 1 rings (SSSR count). The average Bonchev–Trinajstić information content (AvgIpc) is 1.95. The maximum Gasteiger partial charge on any atom is 0.149 e. The quantitative estimate of drug-likeness (QED) is 0.530. The van der Waals surface area contributed by atoms with E-state index < -0.39 is 0 Å². The molecular formula is C7H11NOS. The Labute approximate surface area is 66.5 Å². The third-order valence-corrected chi connectivity index (χ3v) is 2.08. The zero-order valence-corrected chi connectivity index (χ0v) is 7.07. The van der Waals surface area contributed by atoms with Crippen LogP contribution in [0.1, 0.15) is 6.42 Å². The zero-order chi connectivity index (χ0) is 7.56. The van der Waals surface area contributed by atoms with Gasteiger partial charge < -0.3 is 9.64 Å². The van der Waals surface area contributed by atoms with Gasteiger partial charge in [-0.2, -0.15) is 0 Å². The molecule has 0 saturated carbocycles. The Kier molecular flexibility index (Phi) is 2.27. The highest BCUT2D eigenvalue weighted by Crippen LogP contribution is 2.10. The fourth-order valence-electron chi connectivity index (χ4n) is 0.937. The highest BCUT2D eigenvalue weighted by molar-refractivity contribution is 7.80. The minimum Gasteiger partial charge on any atom is -0.494 e. The first-order valence-corrected chi connectivity index (χ1v) is 3.66. The smallest absolute Gasteiger partial charge is 0.149 e. The molecule has 56 valence electrons. The van der Waals surface area contributed by atoms with Crippen LogP contribution >= 0.6 is 12.2 Å². The average molecular weight is 157 g/mol. The molecule has 2 nitrogen and oxygen atoms in total. The predicted molar refractivity (Wildman–Crippen MR) is 44.9 cm³/mol. The Hall–Kier alpha value is -0.570. The van der Waals surface area contributed by atoms with Gasteiger partial charge in [-0.15, -0.1) is 0 Å². The van der Waals surface area contributed by atoms with E-state index in [-0.39, 0.29) is 0 Å². The summed E-state index contributed by atoms with van der Waals surface area (Å²) >= 11 is 5.08. The topological polar surface area (TPSA) is 12.5 Å². The van der Waals surface area contributed by atoms with Gasteiger partial charge in [0.05, 0.1) is 7.11 Å². The van der Waals surface area contributed by atoms with E-state index in [1.165, 1.54) is 0 Å². The lowest BCUT2D eigenvalue weighted by Crippen LogP contribution is -2.31. The molecule has 0 aromatic heterocycles. The largest absolute Gasteiger partial charge is 0.494 e. The minimum absolute atomic E-state index is 0.814. The highest BCUT2D eigenvalue weighted by atomic mass is 32.1. The van der Waals surface area contributed by atoms with Crippen LogP contribution in [0.2, 0.25) is 0 Å². The second-order valence-electron chi connectivity index (χ2n) is 2.29. The Morgan fingerprint density at radius 2 is 2.40 bits per heavy atom. The van der Waals surface area contributed by atoms with Gasteiger partial charge in [-0.1, -0.05) is 12.2 Å². The summed E-state index contributed by atoms with van der Waals surface area (Å²) in [5, 5.41) is 0. The van der Waals surface area contributed by atoms with Crippen LogP contribution in [0.15, 0.2) is 11.8 Å². The number of nitrogens with zero attached hydrogens (tertiary/aromatic N) is 1. The maximum atomic E-state index is 5.08. The van der Waals surface area contributed by atoms with Gasteiger partial charge in [-0.25, -0.2) is 0 Å². The van der Waals surface area contributed by atoms with Crippen LogP contribution in [0, 0.1) is 0 Å². The van der Waals surface area contributed by atoms with Gasteiger partial charge in [0.25, 0.3) is 0 Å². The lowest BCUT2D eigenvalue weighted by Gasteiger charge is -2.24. The number of methoxy groups -OCH3 is 1. The molecule has 1 aliphatic rings. The molecule has 0 bridgehead atoms. The van der Waals surface area contributed by atoms with Crippen LogP contribution in [0.3, 0.4) is 0 Å². The summed E-state index contributed by atoms with van der Waals surface area (Å²) in [5.41, 5.74) is 0. The van der Waals surface area contributed by atoms with Gasteiger partial charge >= 0.3 is 0 Å². The Bertz CT molecular complexity index is 176. The third-order valence-electron chi connectivity index (χ3n) is 1.57. The van der Waals surface area contributed by atoms with Crippen LogP contribution in [-0.4, -0.2) is 30.6 Å². The van der Waals surface area contributed by atoms with Gasteiger partial charge in [0.2, 0.25) is 0 Å². The van der Waals surface area contributed by atoms with Crippen LogP contribution in [0.25, 0.3) is 0 Å². The van der Waals surface area contributed by atoms with Crippen molar-refractivity contribution in [2.75, 3.05) is 20.7 Å². The normalized spacial score (nSPS) is 18.8. The molecule has 0 radical (unpaired) electrons. The van der Waals surface area contributed by atoms with Crippen LogP contribution < -0.4 is 0 Å². The fourth-order valence-corrected chi connectivity index (χ4v) is 1.19. The highest BCUT2D eigenvalue weighted by Gasteiger charge is 2.13. The van der Waals surface area contributed by atoms with Crippen molar-refractivity contribution in [2.24, 2.45) is 0 Å². The molecule has 0 saturated heterocycles. The van der Waals surface area contributed by atoms with E-state index in [2.05, 4.69) is 0 Å². The predicted octanol–water partition coefficient (Wildman–Crippen LogP) is 1.18. The van der Waals surface area contributed by atoms with E-state index in [0.717, 1.165) is 23.7 Å². The summed E-state index contributed by atoms with van der Waals surface area (Å²) in [6.45, 7) is 1.01. The molecule has 0 atom stereocenters. The molecule has 0 unspecified atom stereocenters. The van der Waals surface area contributed by atoms with E-state index >= 15 is 0 Å². The van der Waals surface area contributed by atoms with E-state index in [4.69, 9.17) is 17.0 Å². The molecule has 1 heterocycles. The van der Waals surface area contributed by atoms with Crippen molar-refractivity contribution in [3.63, 3.8) is 0 Å². The Morgan fingerprint density at radius 3 is 2.90 bits per heavy atom. The second kappa shape index (κ2) is 3.01. The van der Waals surface area contributed by atoms with Crippen molar-refractivity contribution in [2.45, 2.75) is 6.42 Å². The van der Waals surface area contributed by atoms with Crippen molar-refractivity contribution >= 4 is 17.2 Å². The Balaban J connectivity index is 2.72. The molecule has 0 amide bonds. The maximum absolute atomic E-state index is 5.08. The number of hydrogen-bond donors (Lipinski definition) is 0. The number of hydrogen-bond acceptors (Lipinski definition) is 2. The Morgan fingerprint density at radius 1 is 1.70 bits per heavy atom. The lowest BCUT2D eigenvalue weighted by atomic mass is 10.2. The summed E-state index contributed by atoms with van der Waals surface area (Å²) in [7, 11) is 3.63. The summed E-state index contributed by atoms with van der Waals surface area (Å²) < 4.78 is 5.05. The first-order valence-electron chi connectivity index (χ1n) is 3.25. The van der Waals surface area contributed by atoms with Crippen molar-refractivity contribution in [1.29, 1.82) is 0 Å². The number of likely N-dealkylation sites (N-methyl/N-ethyl adjacent to an activating group) is 1. The fraction of sp³-hybridized carbons (Fsp3) is 0.571. The molecule has 0 aromatic rings. The summed E-state index contributed by atoms with van der Waals surface area (Å²) in [4.78, 5) is 2.84. The number of rotatable bonds is 1. The zero-order valence-electron chi connectivity index (χ0n) is 6.26. The monoisotopic (exact) mass is 157 g/mol. The number of thiocarbonyl (C=S) groups is 1. The van der Waals surface area contributed by atoms with Crippen molar-refractivity contribution in [1.82, 2.24) is 4.90 Å². The van der Waals surface area contributed by atoms with E-state index in [1.54, 1.807) is 7.11 Å².